The average Bonchev–Trinajstić information content (AvgIpc) is 2.98. The van der Waals surface area contributed by atoms with Gasteiger partial charge in [-0.05, 0) is 42.9 Å². The van der Waals surface area contributed by atoms with Crippen molar-refractivity contribution in [1.82, 2.24) is 0 Å². The summed E-state index contributed by atoms with van der Waals surface area (Å²) in [6, 6.07) is 6.51. The summed E-state index contributed by atoms with van der Waals surface area (Å²) in [5.41, 5.74) is 3.79. The Balaban J connectivity index is 0.000000404. The second-order valence-electron chi connectivity index (χ2n) is 3.91. The van der Waals surface area contributed by atoms with Crippen molar-refractivity contribution in [3.8, 4) is 0 Å². The summed E-state index contributed by atoms with van der Waals surface area (Å²) in [5.74, 6) is 0.806. The summed E-state index contributed by atoms with van der Waals surface area (Å²) in [7, 11) is 0. The first-order valence-electron chi connectivity index (χ1n) is 5.83. The van der Waals surface area contributed by atoms with Crippen molar-refractivity contribution in [3.63, 3.8) is 0 Å². The van der Waals surface area contributed by atoms with Crippen LogP contribution in [0.1, 0.15) is 43.7 Å². The van der Waals surface area contributed by atoms with E-state index in [0.717, 1.165) is 11.5 Å². The molecular weight excluding hydrogens is 184 g/mol. The Labute approximate surface area is 91.1 Å². The third-order valence-corrected chi connectivity index (χ3v) is 2.86. The van der Waals surface area contributed by atoms with E-state index in [0.29, 0.717) is 0 Å². The molecule has 0 bridgehead atoms. The van der Waals surface area contributed by atoms with Gasteiger partial charge in [-0.25, -0.2) is 0 Å². The van der Waals surface area contributed by atoms with Crippen molar-refractivity contribution >= 4 is 11.0 Å². The Bertz CT molecular complexity index is 449. The summed E-state index contributed by atoms with van der Waals surface area (Å²) in [6.45, 7) is 6.10. The first-order valence-corrected chi connectivity index (χ1v) is 5.83. The van der Waals surface area contributed by atoms with Crippen LogP contribution in [0.3, 0.4) is 0 Å². The van der Waals surface area contributed by atoms with Crippen LogP contribution in [0.5, 0.6) is 0 Å². The van der Waals surface area contributed by atoms with Crippen molar-refractivity contribution in [1.29, 1.82) is 0 Å². The Hall–Kier alpha value is -1.24. The molecule has 2 aromatic rings. The Kier molecular flexibility index (Phi) is 2.81. The second kappa shape index (κ2) is 4.09. The van der Waals surface area contributed by atoms with Crippen LogP contribution in [0.15, 0.2) is 28.9 Å². The highest BCUT2D eigenvalue weighted by Crippen LogP contribution is 2.43. The minimum Gasteiger partial charge on any atom is -0.464 e. The molecule has 0 aliphatic heterocycles. The van der Waals surface area contributed by atoms with Crippen LogP contribution in [0.25, 0.3) is 11.0 Å². The highest BCUT2D eigenvalue weighted by atomic mass is 16.3. The van der Waals surface area contributed by atoms with Crippen LogP contribution in [0.2, 0.25) is 0 Å². The first-order chi connectivity index (χ1) is 7.36. The van der Waals surface area contributed by atoms with Crippen molar-refractivity contribution in [3.05, 3.63) is 35.6 Å². The first kappa shape index (κ1) is 10.3. The summed E-state index contributed by atoms with van der Waals surface area (Å²) >= 11 is 0. The van der Waals surface area contributed by atoms with Gasteiger partial charge < -0.3 is 4.42 Å². The van der Waals surface area contributed by atoms with Gasteiger partial charge in [-0.15, -0.1) is 0 Å². The maximum absolute atomic E-state index is 5.47. The highest BCUT2D eigenvalue weighted by molar-refractivity contribution is 5.84. The van der Waals surface area contributed by atoms with Gasteiger partial charge in [0.15, 0.2) is 0 Å². The molecule has 1 aliphatic rings. The zero-order valence-corrected chi connectivity index (χ0v) is 9.71. The quantitative estimate of drug-likeness (QED) is 0.656. The maximum Gasteiger partial charge on any atom is 0.137 e. The van der Waals surface area contributed by atoms with E-state index in [1.165, 1.54) is 29.4 Å². The van der Waals surface area contributed by atoms with Crippen molar-refractivity contribution in [2.45, 2.75) is 39.5 Å². The number of furan rings is 1. The van der Waals surface area contributed by atoms with Gasteiger partial charge in [-0.2, -0.15) is 0 Å². The maximum atomic E-state index is 5.47. The monoisotopic (exact) mass is 202 g/mol. The molecule has 0 radical (unpaired) electrons. The van der Waals surface area contributed by atoms with Crippen LogP contribution in [-0.4, -0.2) is 0 Å². The zero-order valence-electron chi connectivity index (χ0n) is 9.71. The molecule has 0 spiro atoms. The van der Waals surface area contributed by atoms with Gasteiger partial charge in [0.1, 0.15) is 5.58 Å². The van der Waals surface area contributed by atoms with Crippen molar-refractivity contribution in [2.75, 3.05) is 0 Å². The molecule has 1 aromatic heterocycles. The molecule has 3 rings (SSSR count). The summed E-state index contributed by atoms with van der Waals surface area (Å²) in [4.78, 5) is 0. The molecule has 1 heterocycles. The summed E-state index contributed by atoms with van der Waals surface area (Å²) in [6.07, 6.45) is 4.50. The molecule has 0 unspecified atom stereocenters. The predicted molar refractivity (Wildman–Crippen MR) is 64.3 cm³/mol. The molecule has 15 heavy (non-hydrogen) atoms. The Morgan fingerprint density at radius 1 is 1.13 bits per heavy atom. The smallest absolute Gasteiger partial charge is 0.137 e. The molecule has 1 heteroatoms. The van der Waals surface area contributed by atoms with E-state index in [1.54, 1.807) is 6.26 Å². The average molecular weight is 202 g/mol. The number of hydrogen-bond donors (Lipinski definition) is 0. The highest BCUT2D eigenvalue weighted by Gasteiger charge is 2.25. The zero-order chi connectivity index (χ0) is 10.8. The standard InChI is InChI=1S/C12H12O.C2H6/c1-8-2-5-10(9-3-4-9)11-6-7-13-12(8)11;1-2/h2,5-7,9H,3-4H2,1H3;1-2H3. The van der Waals surface area contributed by atoms with Crippen LogP contribution < -0.4 is 0 Å². The molecule has 1 fully saturated rings. The third kappa shape index (κ3) is 1.79. The largest absolute Gasteiger partial charge is 0.464 e. The Morgan fingerprint density at radius 3 is 2.53 bits per heavy atom. The van der Waals surface area contributed by atoms with E-state index in [2.05, 4.69) is 25.1 Å². The number of fused-ring (bicyclic) bond motifs is 1. The fourth-order valence-electron chi connectivity index (χ4n) is 1.97. The van der Waals surface area contributed by atoms with Crippen LogP contribution in [0, 0.1) is 6.92 Å². The molecule has 1 saturated carbocycles. The van der Waals surface area contributed by atoms with E-state index < -0.39 is 0 Å². The SMILES string of the molecule is CC.Cc1ccc(C2CC2)c2ccoc12. The molecule has 1 aliphatic carbocycles. The molecule has 1 aromatic carbocycles. The number of hydrogen-bond acceptors (Lipinski definition) is 1. The molecule has 1 nitrogen and oxygen atoms in total. The third-order valence-electron chi connectivity index (χ3n) is 2.86. The van der Waals surface area contributed by atoms with Gasteiger partial charge in [0.25, 0.3) is 0 Å². The second-order valence-corrected chi connectivity index (χ2v) is 3.91. The molecule has 0 amide bonds. The molecule has 80 valence electrons. The van der Waals surface area contributed by atoms with E-state index in [4.69, 9.17) is 4.42 Å². The van der Waals surface area contributed by atoms with Gasteiger partial charge in [0.2, 0.25) is 0 Å². The van der Waals surface area contributed by atoms with E-state index in [1.807, 2.05) is 13.8 Å². The van der Waals surface area contributed by atoms with Gasteiger partial charge in [-0.3, -0.25) is 0 Å². The minimum atomic E-state index is 0.806. The topological polar surface area (TPSA) is 13.1 Å². The molecule has 0 saturated heterocycles. The van der Waals surface area contributed by atoms with Gasteiger partial charge in [-0.1, -0.05) is 26.0 Å². The van der Waals surface area contributed by atoms with Gasteiger partial charge in [0.05, 0.1) is 6.26 Å². The summed E-state index contributed by atoms with van der Waals surface area (Å²) in [5, 5.41) is 1.32. The van der Waals surface area contributed by atoms with Crippen molar-refractivity contribution in [2.24, 2.45) is 0 Å². The fraction of sp³-hybridized carbons (Fsp3) is 0.429. The summed E-state index contributed by atoms with van der Waals surface area (Å²) < 4.78 is 5.47. The van der Waals surface area contributed by atoms with Crippen LogP contribution >= 0.6 is 0 Å². The lowest BCUT2D eigenvalue weighted by atomic mass is 10.0. The normalized spacial score (nSPS) is 14.9. The van der Waals surface area contributed by atoms with E-state index in [9.17, 15) is 0 Å². The van der Waals surface area contributed by atoms with Gasteiger partial charge >= 0.3 is 0 Å². The number of rotatable bonds is 1. The minimum absolute atomic E-state index is 0.806. The number of aryl methyl sites for hydroxylation is 1. The van der Waals surface area contributed by atoms with E-state index >= 15 is 0 Å². The molecular formula is C14H18O. The fourth-order valence-corrected chi connectivity index (χ4v) is 1.97. The predicted octanol–water partition coefficient (Wildman–Crippen LogP) is 4.64. The lowest BCUT2D eigenvalue weighted by molar-refractivity contribution is 0.613. The Morgan fingerprint density at radius 2 is 1.87 bits per heavy atom. The lowest BCUT2D eigenvalue weighted by Gasteiger charge is -2.01. The number of benzene rings is 1. The lowest BCUT2D eigenvalue weighted by Crippen LogP contribution is -1.82. The van der Waals surface area contributed by atoms with Crippen molar-refractivity contribution < 1.29 is 4.42 Å². The molecule has 0 N–H and O–H groups in total. The van der Waals surface area contributed by atoms with Crippen LogP contribution in [0.4, 0.5) is 0 Å². The van der Waals surface area contributed by atoms with Crippen LogP contribution in [-0.2, 0) is 0 Å². The molecule has 0 atom stereocenters. The van der Waals surface area contributed by atoms with E-state index in [-0.39, 0.29) is 0 Å². The van der Waals surface area contributed by atoms with Gasteiger partial charge in [0, 0.05) is 5.39 Å².